The van der Waals surface area contributed by atoms with Crippen molar-refractivity contribution in [3.05, 3.63) is 180 Å². The average molecular weight is 716 g/mol. The second kappa shape index (κ2) is 14.4. The molecule has 0 aliphatic rings. The van der Waals surface area contributed by atoms with Crippen molar-refractivity contribution in [2.75, 3.05) is 0 Å². The summed E-state index contributed by atoms with van der Waals surface area (Å²) in [5, 5.41) is 10.7. The smallest absolute Gasteiger partial charge is 0.141 e. The summed E-state index contributed by atoms with van der Waals surface area (Å²) in [4.78, 5) is 10.2. The predicted molar refractivity (Wildman–Crippen MR) is 230 cm³/mol. The van der Waals surface area contributed by atoms with E-state index in [1.54, 1.807) is 13.0 Å². The molecule has 0 saturated heterocycles. The summed E-state index contributed by atoms with van der Waals surface area (Å²) in [6.45, 7) is 12.8. The summed E-state index contributed by atoms with van der Waals surface area (Å²) < 4.78 is 2.18. The van der Waals surface area contributed by atoms with Crippen LogP contribution in [0.25, 0.3) is 78.6 Å². The van der Waals surface area contributed by atoms with E-state index in [4.69, 9.17) is 9.97 Å². The summed E-state index contributed by atoms with van der Waals surface area (Å²) in [5.74, 6) is 0.842. The molecule has 0 amide bonds. The molecule has 0 saturated carbocycles. The summed E-state index contributed by atoms with van der Waals surface area (Å²) in [5.41, 5.74) is 17.3. The molecule has 0 atom stereocenters. The molecule has 8 aromatic rings. The maximum absolute atomic E-state index is 10.7. The van der Waals surface area contributed by atoms with Gasteiger partial charge >= 0.3 is 0 Å². The quantitative estimate of drug-likeness (QED) is 0.167. The average Bonchev–Trinajstić information content (AvgIpc) is 3.55. The maximum atomic E-state index is 10.7. The number of para-hydroxylation sites is 1. The lowest BCUT2D eigenvalue weighted by atomic mass is 9.83. The monoisotopic (exact) mass is 715 g/mol. The summed E-state index contributed by atoms with van der Waals surface area (Å²) >= 11 is 0. The van der Waals surface area contributed by atoms with Gasteiger partial charge in [0.2, 0.25) is 0 Å². The van der Waals surface area contributed by atoms with Crippen molar-refractivity contribution in [2.24, 2.45) is 0 Å². The van der Waals surface area contributed by atoms with Crippen LogP contribution in [0.1, 0.15) is 50.2 Å². The molecule has 0 spiro atoms. The molecule has 6 aromatic carbocycles. The second-order valence-electron chi connectivity index (χ2n) is 15.5. The van der Waals surface area contributed by atoms with Gasteiger partial charge in [0.05, 0.1) is 28.2 Å². The molecule has 55 heavy (non-hydrogen) atoms. The fourth-order valence-electron chi connectivity index (χ4n) is 7.65. The van der Waals surface area contributed by atoms with Gasteiger partial charge in [0.1, 0.15) is 5.82 Å². The SMILES string of the molecule is C/C(O)=C/c1nc2c(-c3cc(-c4cc(-c5c(C)cccc5C)ccn4)cc(C(C)(C)C)c3)cccc2n1-c1ccc(-c2ccccc2)cc1-c1ccccc1. The van der Waals surface area contributed by atoms with Gasteiger partial charge in [-0.1, -0.05) is 124 Å². The molecule has 0 aliphatic carbocycles. The van der Waals surface area contributed by atoms with E-state index in [0.29, 0.717) is 5.82 Å². The first-order chi connectivity index (χ1) is 26.5. The number of aliphatic hydroxyl groups is 1. The third-order valence-electron chi connectivity index (χ3n) is 10.4. The first kappa shape index (κ1) is 35.5. The Hall–Kier alpha value is -6.52. The topological polar surface area (TPSA) is 50.9 Å². The fraction of sp³-hybridized carbons (Fsp3) is 0.137. The molecule has 2 aromatic heterocycles. The van der Waals surface area contributed by atoms with E-state index in [1.165, 1.54) is 22.3 Å². The lowest BCUT2D eigenvalue weighted by Crippen LogP contribution is -2.11. The Morgan fingerprint density at radius 1 is 0.600 bits per heavy atom. The van der Waals surface area contributed by atoms with Crippen LogP contribution in [-0.4, -0.2) is 19.6 Å². The minimum atomic E-state index is -0.116. The Morgan fingerprint density at radius 2 is 1.27 bits per heavy atom. The number of rotatable bonds is 7. The zero-order valence-corrected chi connectivity index (χ0v) is 32.3. The molecule has 4 nitrogen and oxygen atoms in total. The van der Waals surface area contributed by atoms with E-state index in [1.807, 2.05) is 18.3 Å². The normalized spacial score (nSPS) is 12.0. The van der Waals surface area contributed by atoms with Crippen molar-refractivity contribution in [1.82, 2.24) is 14.5 Å². The Bertz CT molecular complexity index is 2690. The molecule has 8 rings (SSSR count). The van der Waals surface area contributed by atoms with Crippen molar-refractivity contribution >= 4 is 17.1 Å². The summed E-state index contributed by atoms with van der Waals surface area (Å²) in [6, 6.07) is 51.5. The number of aromatic nitrogens is 3. The highest BCUT2D eigenvalue weighted by Gasteiger charge is 2.22. The highest BCUT2D eigenvalue weighted by molar-refractivity contribution is 5.96. The van der Waals surface area contributed by atoms with Crippen molar-refractivity contribution in [3.8, 4) is 61.5 Å². The van der Waals surface area contributed by atoms with Gasteiger partial charge in [0.25, 0.3) is 0 Å². The number of pyridine rings is 1. The first-order valence-corrected chi connectivity index (χ1v) is 18.9. The second-order valence-corrected chi connectivity index (χ2v) is 15.5. The molecule has 1 N–H and O–H groups in total. The Labute approximate surface area is 324 Å². The van der Waals surface area contributed by atoms with Crippen molar-refractivity contribution in [3.63, 3.8) is 0 Å². The van der Waals surface area contributed by atoms with Crippen LogP contribution in [0, 0.1) is 13.8 Å². The van der Waals surface area contributed by atoms with E-state index in [-0.39, 0.29) is 11.2 Å². The van der Waals surface area contributed by atoms with Crippen LogP contribution in [0.3, 0.4) is 0 Å². The standard InChI is InChI=1S/C51H45N3O/c1-33-15-13-16-34(2)49(33)39-25-26-52-45(32-39)41-28-40(29-42(30-41)51(4,5)6)43-21-14-22-47-50(43)53-48(27-35(3)55)54(47)46-24-23-38(36-17-9-7-10-18-36)31-44(46)37-19-11-8-12-20-37/h7-32,55H,1-6H3/b35-27-. The van der Waals surface area contributed by atoms with E-state index in [0.717, 1.165) is 66.9 Å². The van der Waals surface area contributed by atoms with E-state index in [9.17, 15) is 5.11 Å². The van der Waals surface area contributed by atoms with Crippen LogP contribution in [0.15, 0.2) is 158 Å². The molecule has 0 fully saturated rings. The molecule has 4 heteroatoms. The van der Waals surface area contributed by atoms with Crippen LogP contribution in [-0.2, 0) is 5.41 Å². The van der Waals surface area contributed by atoms with Gasteiger partial charge in [-0.25, -0.2) is 4.98 Å². The fourth-order valence-corrected chi connectivity index (χ4v) is 7.65. The number of fused-ring (bicyclic) bond motifs is 1. The highest BCUT2D eigenvalue weighted by Crippen LogP contribution is 2.40. The van der Waals surface area contributed by atoms with Gasteiger partial charge in [-0.05, 0) is 119 Å². The number of nitrogens with zero attached hydrogens (tertiary/aromatic N) is 3. The van der Waals surface area contributed by atoms with Gasteiger partial charge in [0.15, 0.2) is 0 Å². The Kier molecular flexibility index (Phi) is 9.28. The molecular formula is C51H45N3O. The van der Waals surface area contributed by atoms with Crippen LogP contribution in [0.4, 0.5) is 0 Å². The number of hydrogen-bond acceptors (Lipinski definition) is 3. The van der Waals surface area contributed by atoms with Crippen molar-refractivity contribution in [1.29, 1.82) is 0 Å². The van der Waals surface area contributed by atoms with E-state index >= 15 is 0 Å². The number of allylic oxidation sites excluding steroid dienone is 1. The van der Waals surface area contributed by atoms with Gasteiger partial charge in [0, 0.05) is 29.0 Å². The van der Waals surface area contributed by atoms with Crippen molar-refractivity contribution in [2.45, 2.75) is 47.0 Å². The first-order valence-electron chi connectivity index (χ1n) is 18.9. The largest absolute Gasteiger partial charge is 0.512 e. The molecule has 0 radical (unpaired) electrons. The summed E-state index contributed by atoms with van der Waals surface area (Å²) in [6.07, 6.45) is 3.68. The molecular weight excluding hydrogens is 671 g/mol. The van der Waals surface area contributed by atoms with Crippen LogP contribution >= 0.6 is 0 Å². The minimum Gasteiger partial charge on any atom is -0.512 e. The zero-order chi connectivity index (χ0) is 38.3. The van der Waals surface area contributed by atoms with Gasteiger partial charge in [-0.2, -0.15) is 0 Å². The van der Waals surface area contributed by atoms with Crippen LogP contribution in [0.2, 0.25) is 0 Å². The van der Waals surface area contributed by atoms with Gasteiger partial charge in [-0.3, -0.25) is 9.55 Å². The molecule has 0 bridgehead atoms. The summed E-state index contributed by atoms with van der Waals surface area (Å²) in [7, 11) is 0. The lowest BCUT2D eigenvalue weighted by Gasteiger charge is -2.22. The maximum Gasteiger partial charge on any atom is 0.141 e. The van der Waals surface area contributed by atoms with Crippen LogP contribution < -0.4 is 0 Å². The third-order valence-corrected chi connectivity index (χ3v) is 10.4. The Morgan fingerprint density at radius 3 is 1.96 bits per heavy atom. The number of hydrogen-bond donors (Lipinski definition) is 1. The molecule has 270 valence electrons. The van der Waals surface area contributed by atoms with Gasteiger partial charge in [-0.15, -0.1) is 0 Å². The number of benzene rings is 6. The predicted octanol–water partition coefficient (Wildman–Crippen LogP) is 13.6. The van der Waals surface area contributed by atoms with Crippen LogP contribution in [0.5, 0.6) is 0 Å². The third kappa shape index (κ3) is 7.00. The van der Waals surface area contributed by atoms with E-state index in [2.05, 4.69) is 173 Å². The number of imidazole rings is 1. The molecule has 0 unspecified atom stereocenters. The molecule has 0 aliphatic heterocycles. The van der Waals surface area contributed by atoms with Gasteiger partial charge < -0.3 is 5.11 Å². The van der Waals surface area contributed by atoms with Crippen molar-refractivity contribution < 1.29 is 5.11 Å². The number of aliphatic hydroxyl groups excluding tert-OH is 1. The van der Waals surface area contributed by atoms with E-state index < -0.39 is 0 Å². The number of aryl methyl sites for hydroxylation is 2. The Balaban J connectivity index is 1.35. The lowest BCUT2D eigenvalue weighted by molar-refractivity contribution is 0.419. The molecule has 2 heterocycles. The highest BCUT2D eigenvalue weighted by atomic mass is 16.3. The minimum absolute atomic E-state index is 0.116. The zero-order valence-electron chi connectivity index (χ0n) is 32.3.